The third-order valence-electron chi connectivity index (χ3n) is 3.16. The largest absolute Gasteiger partial charge is 0.480 e. The van der Waals surface area contributed by atoms with Crippen LogP contribution in [0, 0.1) is 0 Å². The first-order chi connectivity index (χ1) is 8.56. The SMILES string of the molecule is O=C(CN1CCCC1C(=O)O)NC(=O)NC1CC1. The quantitative estimate of drug-likeness (QED) is 0.630. The molecule has 1 aliphatic heterocycles. The zero-order valence-corrected chi connectivity index (χ0v) is 10.0. The lowest BCUT2D eigenvalue weighted by molar-refractivity contribution is -0.142. The first kappa shape index (κ1) is 12.8. The zero-order valence-electron chi connectivity index (χ0n) is 10.0. The van der Waals surface area contributed by atoms with Gasteiger partial charge in [0.1, 0.15) is 6.04 Å². The Morgan fingerprint density at radius 2 is 1.94 bits per heavy atom. The van der Waals surface area contributed by atoms with Crippen molar-refractivity contribution in [2.24, 2.45) is 0 Å². The molecule has 2 fully saturated rings. The number of urea groups is 1. The summed E-state index contributed by atoms with van der Waals surface area (Å²) in [7, 11) is 0. The Morgan fingerprint density at radius 1 is 1.22 bits per heavy atom. The van der Waals surface area contributed by atoms with E-state index in [4.69, 9.17) is 5.11 Å². The summed E-state index contributed by atoms with van der Waals surface area (Å²) in [6.45, 7) is 0.531. The summed E-state index contributed by atoms with van der Waals surface area (Å²) in [5, 5.41) is 13.8. The standard InChI is InChI=1S/C11H17N3O4/c15-9(13-11(18)12-7-3-4-7)6-14-5-1-2-8(14)10(16)17/h7-8H,1-6H2,(H,16,17)(H2,12,13,15,18). The number of nitrogens with one attached hydrogen (secondary N) is 2. The highest BCUT2D eigenvalue weighted by molar-refractivity contribution is 5.95. The van der Waals surface area contributed by atoms with Gasteiger partial charge in [-0.15, -0.1) is 0 Å². The van der Waals surface area contributed by atoms with Gasteiger partial charge in [-0.25, -0.2) is 4.79 Å². The van der Waals surface area contributed by atoms with Crippen molar-refractivity contribution in [2.45, 2.75) is 37.8 Å². The molecule has 0 bridgehead atoms. The van der Waals surface area contributed by atoms with Crippen molar-refractivity contribution in [3.05, 3.63) is 0 Å². The van der Waals surface area contributed by atoms with Gasteiger partial charge in [-0.05, 0) is 32.2 Å². The third-order valence-corrected chi connectivity index (χ3v) is 3.16. The van der Waals surface area contributed by atoms with Gasteiger partial charge >= 0.3 is 12.0 Å². The number of imide groups is 1. The van der Waals surface area contributed by atoms with Gasteiger partial charge in [-0.3, -0.25) is 19.8 Å². The predicted octanol–water partition coefficient (Wildman–Crippen LogP) is -0.476. The van der Waals surface area contributed by atoms with Crippen LogP contribution in [-0.2, 0) is 9.59 Å². The molecule has 3 N–H and O–H groups in total. The van der Waals surface area contributed by atoms with Gasteiger partial charge in [-0.2, -0.15) is 0 Å². The number of likely N-dealkylation sites (tertiary alicyclic amines) is 1. The molecule has 1 unspecified atom stereocenters. The summed E-state index contributed by atoms with van der Waals surface area (Å²) >= 11 is 0. The number of aliphatic carboxylic acids is 1. The summed E-state index contributed by atoms with van der Waals surface area (Å²) in [6.07, 6.45) is 3.22. The molecule has 0 aromatic rings. The fourth-order valence-corrected chi connectivity index (χ4v) is 2.09. The average Bonchev–Trinajstić information content (AvgIpc) is 2.94. The fourth-order valence-electron chi connectivity index (χ4n) is 2.09. The van der Waals surface area contributed by atoms with E-state index in [0.717, 1.165) is 19.3 Å². The lowest BCUT2D eigenvalue weighted by Gasteiger charge is -2.19. The van der Waals surface area contributed by atoms with Crippen molar-refractivity contribution in [1.82, 2.24) is 15.5 Å². The fraction of sp³-hybridized carbons (Fsp3) is 0.727. The number of hydrogen-bond donors (Lipinski definition) is 3. The van der Waals surface area contributed by atoms with Crippen LogP contribution in [0.1, 0.15) is 25.7 Å². The molecule has 2 aliphatic rings. The van der Waals surface area contributed by atoms with Crippen molar-refractivity contribution in [3.8, 4) is 0 Å². The van der Waals surface area contributed by atoms with Crippen LogP contribution < -0.4 is 10.6 Å². The molecular weight excluding hydrogens is 238 g/mol. The van der Waals surface area contributed by atoms with E-state index in [1.54, 1.807) is 4.90 Å². The lowest BCUT2D eigenvalue weighted by atomic mass is 10.2. The molecule has 1 heterocycles. The van der Waals surface area contributed by atoms with Crippen molar-refractivity contribution in [1.29, 1.82) is 0 Å². The monoisotopic (exact) mass is 255 g/mol. The van der Waals surface area contributed by atoms with E-state index in [9.17, 15) is 14.4 Å². The van der Waals surface area contributed by atoms with E-state index in [1.807, 2.05) is 0 Å². The second-order valence-electron chi connectivity index (χ2n) is 4.76. The van der Waals surface area contributed by atoms with E-state index in [2.05, 4.69) is 10.6 Å². The summed E-state index contributed by atoms with van der Waals surface area (Å²) < 4.78 is 0. The minimum Gasteiger partial charge on any atom is -0.480 e. The molecule has 0 radical (unpaired) electrons. The molecule has 1 saturated carbocycles. The van der Waals surface area contributed by atoms with Crippen molar-refractivity contribution >= 4 is 17.9 Å². The summed E-state index contributed by atoms with van der Waals surface area (Å²) in [5.74, 6) is -1.37. The molecule has 0 aromatic carbocycles. The Labute approximate surface area is 105 Å². The predicted molar refractivity (Wildman–Crippen MR) is 61.9 cm³/mol. The minimum absolute atomic E-state index is 0.0466. The van der Waals surface area contributed by atoms with E-state index >= 15 is 0 Å². The first-order valence-corrected chi connectivity index (χ1v) is 6.13. The highest BCUT2D eigenvalue weighted by atomic mass is 16.4. The number of carboxylic acid groups (broad SMARTS) is 1. The lowest BCUT2D eigenvalue weighted by Crippen LogP contribution is -2.47. The number of nitrogens with zero attached hydrogens (tertiary/aromatic N) is 1. The van der Waals surface area contributed by atoms with Crippen LogP contribution >= 0.6 is 0 Å². The van der Waals surface area contributed by atoms with E-state index in [-0.39, 0.29) is 12.6 Å². The number of carbonyl (C=O) groups excluding carboxylic acids is 2. The van der Waals surface area contributed by atoms with Gasteiger partial charge in [0, 0.05) is 6.04 Å². The molecule has 18 heavy (non-hydrogen) atoms. The van der Waals surface area contributed by atoms with Crippen LogP contribution in [0.4, 0.5) is 4.79 Å². The van der Waals surface area contributed by atoms with Gasteiger partial charge < -0.3 is 10.4 Å². The van der Waals surface area contributed by atoms with Gasteiger partial charge in [0.25, 0.3) is 0 Å². The molecule has 7 nitrogen and oxygen atoms in total. The topological polar surface area (TPSA) is 98.7 Å². The van der Waals surface area contributed by atoms with Crippen LogP contribution in [0.15, 0.2) is 0 Å². The maximum Gasteiger partial charge on any atom is 0.321 e. The number of carbonyl (C=O) groups is 3. The Balaban J connectivity index is 1.75. The Morgan fingerprint density at radius 3 is 2.56 bits per heavy atom. The molecule has 0 aromatic heterocycles. The maximum atomic E-state index is 11.6. The summed E-state index contributed by atoms with van der Waals surface area (Å²) in [5.41, 5.74) is 0. The molecule has 2 rings (SSSR count). The molecule has 1 aliphatic carbocycles. The van der Waals surface area contributed by atoms with Crippen LogP contribution in [0.25, 0.3) is 0 Å². The Bertz CT molecular complexity index is 367. The highest BCUT2D eigenvalue weighted by Crippen LogP contribution is 2.18. The summed E-state index contributed by atoms with van der Waals surface area (Å²) in [6, 6.07) is -0.910. The smallest absolute Gasteiger partial charge is 0.321 e. The van der Waals surface area contributed by atoms with Crippen molar-refractivity contribution in [2.75, 3.05) is 13.1 Å². The summed E-state index contributed by atoms with van der Waals surface area (Å²) in [4.78, 5) is 35.4. The molecule has 0 spiro atoms. The molecule has 1 atom stereocenters. The van der Waals surface area contributed by atoms with Gasteiger partial charge in [0.15, 0.2) is 0 Å². The average molecular weight is 255 g/mol. The van der Waals surface area contributed by atoms with E-state index < -0.39 is 23.9 Å². The highest BCUT2D eigenvalue weighted by Gasteiger charge is 2.32. The second-order valence-corrected chi connectivity index (χ2v) is 4.76. The van der Waals surface area contributed by atoms with Gasteiger partial charge in [0.2, 0.25) is 5.91 Å². The number of rotatable bonds is 4. The van der Waals surface area contributed by atoms with E-state index in [0.29, 0.717) is 13.0 Å². The Kier molecular flexibility index (Phi) is 3.81. The van der Waals surface area contributed by atoms with Crippen molar-refractivity contribution in [3.63, 3.8) is 0 Å². The van der Waals surface area contributed by atoms with E-state index in [1.165, 1.54) is 0 Å². The van der Waals surface area contributed by atoms with Crippen LogP contribution in [0.3, 0.4) is 0 Å². The maximum absolute atomic E-state index is 11.6. The molecule has 100 valence electrons. The number of amides is 3. The van der Waals surface area contributed by atoms with Crippen molar-refractivity contribution < 1.29 is 19.5 Å². The Hall–Kier alpha value is -1.63. The molecule has 7 heteroatoms. The van der Waals surface area contributed by atoms with Crippen LogP contribution in [-0.4, -0.2) is 53.1 Å². The zero-order chi connectivity index (χ0) is 13.1. The normalized spacial score (nSPS) is 23.7. The first-order valence-electron chi connectivity index (χ1n) is 6.13. The number of carboxylic acids is 1. The molecule has 1 saturated heterocycles. The molecular formula is C11H17N3O4. The number of hydrogen-bond acceptors (Lipinski definition) is 4. The van der Waals surface area contributed by atoms with Crippen LogP contribution in [0.5, 0.6) is 0 Å². The van der Waals surface area contributed by atoms with Gasteiger partial charge in [0.05, 0.1) is 6.54 Å². The molecule has 3 amide bonds. The van der Waals surface area contributed by atoms with Gasteiger partial charge in [-0.1, -0.05) is 0 Å². The third kappa shape index (κ3) is 3.43. The van der Waals surface area contributed by atoms with Crippen LogP contribution in [0.2, 0.25) is 0 Å². The minimum atomic E-state index is -0.914. The second kappa shape index (κ2) is 5.34.